The molecule has 1 aromatic carbocycles. The van der Waals surface area contributed by atoms with Crippen molar-refractivity contribution in [3.8, 4) is 0 Å². The first-order valence-electron chi connectivity index (χ1n) is 8.31. The number of likely N-dealkylation sites (N-methyl/N-ethyl adjacent to an activating group) is 1. The normalized spacial score (nSPS) is 12.8. The number of ether oxygens (including phenoxy) is 1. The Hall–Kier alpha value is -1.83. The van der Waals surface area contributed by atoms with Gasteiger partial charge in [-0.05, 0) is 38.5 Å². The van der Waals surface area contributed by atoms with E-state index in [1.54, 1.807) is 25.1 Å². The van der Waals surface area contributed by atoms with Crippen molar-refractivity contribution in [3.05, 3.63) is 33.8 Å². The molecule has 0 aliphatic heterocycles. The summed E-state index contributed by atoms with van der Waals surface area (Å²) in [6.45, 7) is 6.14. The van der Waals surface area contributed by atoms with Gasteiger partial charge in [0.1, 0.15) is 0 Å². The van der Waals surface area contributed by atoms with Crippen LogP contribution in [-0.2, 0) is 14.3 Å². The first kappa shape index (κ1) is 22.2. The van der Waals surface area contributed by atoms with Crippen LogP contribution in [0, 0.1) is 0 Å². The summed E-state index contributed by atoms with van der Waals surface area (Å²) < 4.78 is 4.65. The zero-order valence-electron chi connectivity index (χ0n) is 15.0. The van der Waals surface area contributed by atoms with Gasteiger partial charge in [-0.3, -0.25) is 14.9 Å². The molecule has 0 spiro atoms. The maximum absolute atomic E-state index is 12.2. The predicted molar refractivity (Wildman–Crippen MR) is 99.4 cm³/mol. The van der Waals surface area contributed by atoms with E-state index < -0.39 is 12.0 Å². The zero-order chi connectivity index (χ0) is 19.7. The average Bonchev–Trinajstić information content (AvgIpc) is 2.56. The molecule has 7 nitrogen and oxygen atoms in total. The SMILES string of the molecule is CCOC(=O)NC(=O)C[NH+](CC)CC(=O)N[C@H](C)c1ccc(Cl)c(Cl)c1. The molecule has 1 rings (SSSR count). The summed E-state index contributed by atoms with van der Waals surface area (Å²) in [5.74, 6) is -0.713. The Bertz CT molecular complexity index is 655. The second-order valence-corrected chi connectivity index (χ2v) is 6.50. The fourth-order valence-electron chi connectivity index (χ4n) is 2.25. The summed E-state index contributed by atoms with van der Waals surface area (Å²) in [6.07, 6.45) is -0.786. The van der Waals surface area contributed by atoms with Crippen molar-refractivity contribution < 1.29 is 24.0 Å². The number of carbonyl (C=O) groups excluding carboxylic acids is 3. The van der Waals surface area contributed by atoms with Crippen molar-refractivity contribution in [1.82, 2.24) is 10.6 Å². The van der Waals surface area contributed by atoms with Crippen LogP contribution in [0.4, 0.5) is 4.79 Å². The van der Waals surface area contributed by atoms with Gasteiger partial charge in [0.15, 0.2) is 13.1 Å². The molecule has 0 heterocycles. The molecule has 9 heteroatoms. The number of alkyl carbamates (subject to hydrolysis) is 1. The molecule has 0 bridgehead atoms. The van der Waals surface area contributed by atoms with Gasteiger partial charge in [-0.1, -0.05) is 29.3 Å². The molecule has 3 N–H and O–H groups in total. The minimum absolute atomic E-state index is 0.0100. The second kappa shape index (κ2) is 11.0. The molecule has 0 aliphatic carbocycles. The Balaban J connectivity index is 2.54. The van der Waals surface area contributed by atoms with Crippen molar-refractivity contribution in [2.24, 2.45) is 0 Å². The summed E-state index contributed by atoms with van der Waals surface area (Å²) in [4.78, 5) is 36.0. The Kier molecular flexibility index (Phi) is 9.40. The van der Waals surface area contributed by atoms with Crippen LogP contribution in [-0.4, -0.2) is 44.1 Å². The highest BCUT2D eigenvalue weighted by Crippen LogP contribution is 2.25. The third-order valence-electron chi connectivity index (χ3n) is 3.66. The van der Waals surface area contributed by atoms with Crippen LogP contribution in [0.15, 0.2) is 18.2 Å². The van der Waals surface area contributed by atoms with Crippen LogP contribution in [0.25, 0.3) is 0 Å². The van der Waals surface area contributed by atoms with E-state index in [9.17, 15) is 14.4 Å². The maximum Gasteiger partial charge on any atom is 0.414 e. The molecule has 0 saturated heterocycles. The number of hydrogen-bond donors (Lipinski definition) is 3. The molecule has 144 valence electrons. The topological polar surface area (TPSA) is 88.9 Å². The summed E-state index contributed by atoms with van der Waals surface area (Å²) in [5, 5.41) is 5.84. The predicted octanol–water partition coefficient (Wildman–Crippen LogP) is 1.35. The Morgan fingerprint density at radius 2 is 1.77 bits per heavy atom. The maximum atomic E-state index is 12.2. The van der Waals surface area contributed by atoms with Crippen LogP contribution in [0.3, 0.4) is 0 Å². The van der Waals surface area contributed by atoms with Gasteiger partial charge in [0.2, 0.25) is 0 Å². The summed E-state index contributed by atoms with van der Waals surface area (Å²) in [5.41, 5.74) is 0.825. The van der Waals surface area contributed by atoms with E-state index in [1.807, 2.05) is 13.8 Å². The lowest BCUT2D eigenvalue weighted by Crippen LogP contribution is -3.14. The summed E-state index contributed by atoms with van der Waals surface area (Å²) in [6, 6.07) is 4.90. The van der Waals surface area contributed by atoms with Gasteiger partial charge in [-0.25, -0.2) is 4.79 Å². The lowest BCUT2D eigenvalue weighted by atomic mass is 10.1. The van der Waals surface area contributed by atoms with Gasteiger partial charge >= 0.3 is 6.09 Å². The summed E-state index contributed by atoms with van der Waals surface area (Å²) >= 11 is 11.9. The van der Waals surface area contributed by atoms with Gasteiger partial charge in [0.05, 0.1) is 29.2 Å². The minimum Gasteiger partial charge on any atom is -0.450 e. The van der Waals surface area contributed by atoms with Crippen molar-refractivity contribution in [3.63, 3.8) is 0 Å². The average molecular weight is 405 g/mol. The van der Waals surface area contributed by atoms with E-state index in [-0.39, 0.29) is 31.6 Å². The van der Waals surface area contributed by atoms with Crippen molar-refractivity contribution >= 4 is 41.1 Å². The molecule has 3 amide bonds. The van der Waals surface area contributed by atoms with Gasteiger partial charge in [0.25, 0.3) is 11.8 Å². The van der Waals surface area contributed by atoms with Gasteiger partial charge in [-0.15, -0.1) is 0 Å². The van der Waals surface area contributed by atoms with Crippen LogP contribution < -0.4 is 15.5 Å². The molecule has 2 atom stereocenters. The Morgan fingerprint density at radius 3 is 2.35 bits per heavy atom. The molecule has 0 aliphatic rings. The van der Waals surface area contributed by atoms with Crippen LogP contribution in [0.5, 0.6) is 0 Å². The van der Waals surface area contributed by atoms with Crippen LogP contribution in [0.1, 0.15) is 32.4 Å². The standard InChI is InChI=1S/C17H23Cl2N3O4/c1-4-22(10-16(24)21-17(25)26-5-2)9-15(23)20-11(3)12-6-7-13(18)14(19)8-12/h6-8,11H,4-5,9-10H2,1-3H3,(H,20,23)(H,21,24,25)/p+1/t11-/m1/s1. The number of nitrogens with one attached hydrogen (secondary N) is 3. The molecule has 0 radical (unpaired) electrons. The molecule has 0 fully saturated rings. The lowest BCUT2D eigenvalue weighted by molar-refractivity contribution is -0.881. The monoisotopic (exact) mass is 404 g/mol. The number of benzene rings is 1. The molecule has 0 saturated carbocycles. The van der Waals surface area contributed by atoms with E-state index in [2.05, 4.69) is 15.4 Å². The molecule has 1 unspecified atom stereocenters. The van der Waals surface area contributed by atoms with Gasteiger partial charge in [-0.2, -0.15) is 0 Å². The molecular formula is C17H24Cl2N3O4+. The largest absolute Gasteiger partial charge is 0.450 e. The van der Waals surface area contributed by atoms with Crippen LogP contribution in [0.2, 0.25) is 10.0 Å². The second-order valence-electron chi connectivity index (χ2n) is 5.69. The third-order valence-corrected chi connectivity index (χ3v) is 4.40. The number of carbonyl (C=O) groups is 3. The molecule has 26 heavy (non-hydrogen) atoms. The van der Waals surface area contributed by atoms with Gasteiger partial charge < -0.3 is 15.0 Å². The smallest absolute Gasteiger partial charge is 0.414 e. The molecule has 0 aromatic heterocycles. The highest BCUT2D eigenvalue weighted by atomic mass is 35.5. The fourth-order valence-corrected chi connectivity index (χ4v) is 2.56. The first-order chi connectivity index (χ1) is 12.3. The molecule has 1 aromatic rings. The number of quaternary nitrogens is 1. The van der Waals surface area contributed by atoms with E-state index in [0.717, 1.165) is 5.56 Å². The number of rotatable bonds is 8. The van der Waals surface area contributed by atoms with E-state index >= 15 is 0 Å². The van der Waals surface area contributed by atoms with Crippen molar-refractivity contribution in [2.75, 3.05) is 26.2 Å². The third kappa shape index (κ3) is 7.59. The number of halogens is 2. The van der Waals surface area contributed by atoms with E-state index in [0.29, 0.717) is 21.5 Å². The highest BCUT2D eigenvalue weighted by Gasteiger charge is 2.20. The highest BCUT2D eigenvalue weighted by molar-refractivity contribution is 6.42. The van der Waals surface area contributed by atoms with Gasteiger partial charge in [0, 0.05) is 0 Å². The molecular weight excluding hydrogens is 381 g/mol. The van der Waals surface area contributed by atoms with E-state index in [1.165, 1.54) is 0 Å². The minimum atomic E-state index is -0.786. The first-order valence-corrected chi connectivity index (χ1v) is 9.06. The van der Waals surface area contributed by atoms with E-state index in [4.69, 9.17) is 23.2 Å². The van der Waals surface area contributed by atoms with Crippen molar-refractivity contribution in [2.45, 2.75) is 26.8 Å². The quantitative estimate of drug-likeness (QED) is 0.609. The fraction of sp³-hybridized carbons (Fsp3) is 0.471. The van der Waals surface area contributed by atoms with Crippen molar-refractivity contribution in [1.29, 1.82) is 0 Å². The number of hydrogen-bond acceptors (Lipinski definition) is 4. The number of amides is 3. The van der Waals surface area contributed by atoms with Crippen LogP contribution >= 0.6 is 23.2 Å². The Morgan fingerprint density at radius 1 is 1.12 bits per heavy atom. The lowest BCUT2D eigenvalue weighted by Gasteiger charge is -2.19. The Labute approximate surface area is 163 Å². The zero-order valence-corrected chi connectivity index (χ0v) is 16.5. The summed E-state index contributed by atoms with van der Waals surface area (Å²) in [7, 11) is 0. The number of imide groups is 1.